The minimum atomic E-state index is -4.83. The number of aliphatic imine (C=N–C) groups is 1. The van der Waals surface area contributed by atoms with E-state index in [4.69, 9.17) is 16.9 Å². The van der Waals surface area contributed by atoms with Gasteiger partial charge in [0.1, 0.15) is 12.1 Å². The van der Waals surface area contributed by atoms with Gasteiger partial charge in [-0.05, 0) is 13.8 Å². The van der Waals surface area contributed by atoms with Gasteiger partial charge in [0.2, 0.25) is 0 Å². The number of halogens is 6. The average molecular weight is 293 g/mol. The molecule has 0 amide bonds. The fourth-order valence-corrected chi connectivity index (χ4v) is 1.01. The molecular formula is C8H13F6N5. The van der Waals surface area contributed by atoms with Crippen molar-refractivity contribution >= 4 is 11.9 Å². The van der Waals surface area contributed by atoms with Gasteiger partial charge in [0.05, 0.1) is 0 Å². The Balaban J connectivity index is 5.33. The van der Waals surface area contributed by atoms with Gasteiger partial charge in [0, 0.05) is 0 Å². The molecule has 0 aliphatic carbocycles. The zero-order valence-electron chi connectivity index (χ0n) is 9.97. The molecule has 0 unspecified atom stereocenters. The summed E-state index contributed by atoms with van der Waals surface area (Å²) in [5.74, 6) is -2.28. The molecule has 0 rings (SSSR count). The molecule has 0 aliphatic rings. The Morgan fingerprint density at radius 2 is 1.47 bits per heavy atom. The van der Waals surface area contributed by atoms with E-state index >= 15 is 0 Å². The maximum atomic E-state index is 12.5. The lowest BCUT2D eigenvalue weighted by Crippen LogP contribution is -2.55. The normalized spacial score (nSPS) is 16.9. The molecular weight excluding hydrogens is 280 g/mol. The number of hydrogen-bond acceptors (Lipinski definition) is 2. The van der Waals surface area contributed by atoms with Crippen molar-refractivity contribution < 1.29 is 26.3 Å². The van der Waals surface area contributed by atoms with E-state index in [9.17, 15) is 26.3 Å². The van der Waals surface area contributed by atoms with Gasteiger partial charge in [-0.1, -0.05) is 0 Å². The Morgan fingerprint density at radius 1 is 1.05 bits per heavy atom. The van der Waals surface area contributed by atoms with E-state index < -0.39 is 36.4 Å². The van der Waals surface area contributed by atoms with Gasteiger partial charge >= 0.3 is 12.4 Å². The second kappa shape index (κ2) is 5.53. The van der Waals surface area contributed by atoms with Crippen molar-refractivity contribution in [2.24, 2.45) is 16.5 Å². The molecule has 11 heteroatoms. The molecule has 2 atom stereocenters. The molecule has 19 heavy (non-hydrogen) atoms. The smallest absolute Gasteiger partial charge is 0.370 e. The average Bonchev–Trinajstić information content (AvgIpc) is 2.13. The van der Waals surface area contributed by atoms with Gasteiger partial charge in [0.25, 0.3) is 0 Å². The highest BCUT2D eigenvalue weighted by Crippen LogP contribution is 2.25. The van der Waals surface area contributed by atoms with Gasteiger partial charge in [-0.2, -0.15) is 26.3 Å². The van der Waals surface area contributed by atoms with Gasteiger partial charge in [0.15, 0.2) is 11.9 Å². The molecule has 0 aliphatic heterocycles. The highest BCUT2D eigenvalue weighted by Gasteiger charge is 2.43. The molecule has 0 aromatic carbocycles. The van der Waals surface area contributed by atoms with Gasteiger partial charge in [-0.15, -0.1) is 0 Å². The minimum Gasteiger partial charge on any atom is -0.370 e. The molecule has 0 saturated carbocycles. The molecule has 0 saturated heterocycles. The van der Waals surface area contributed by atoms with E-state index in [0.717, 1.165) is 0 Å². The fraction of sp³-hybridized carbons (Fsp3) is 0.750. The Morgan fingerprint density at radius 3 is 1.74 bits per heavy atom. The maximum absolute atomic E-state index is 12.5. The highest BCUT2D eigenvalue weighted by atomic mass is 19.4. The maximum Gasteiger partial charge on any atom is 0.410 e. The molecule has 5 N–H and O–H groups in total. The number of nitrogens with zero attached hydrogens (tertiary/aromatic N) is 2. The predicted molar refractivity (Wildman–Crippen MR) is 56.4 cm³/mol. The summed E-state index contributed by atoms with van der Waals surface area (Å²) < 4.78 is 74.1. The Kier molecular flexibility index (Phi) is 5.04. The third-order valence-electron chi connectivity index (χ3n) is 2.17. The standard InChI is InChI=1S/C8H13F6N5/c1-3(7(9,10)11)18-6(17)19(5(15)16)4(2)8(12,13)14/h3-4H,1-2H3,(H3,15,16)(H2,17,18)/t3-,4-/m1/s1. The van der Waals surface area contributed by atoms with Crippen LogP contribution in [0.2, 0.25) is 0 Å². The van der Waals surface area contributed by atoms with Crippen LogP contribution in [0, 0.1) is 5.41 Å². The summed E-state index contributed by atoms with van der Waals surface area (Å²) >= 11 is 0. The first-order valence-electron chi connectivity index (χ1n) is 4.88. The van der Waals surface area contributed by atoms with Crippen molar-refractivity contribution in [3.05, 3.63) is 0 Å². The molecule has 0 aromatic rings. The van der Waals surface area contributed by atoms with E-state index in [-0.39, 0.29) is 4.90 Å². The summed E-state index contributed by atoms with van der Waals surface area (Å²) in [5, 5.41) is 6.95. The second-order valence-corrected chi connectivity index (χ2v) is 3.68. The highest BCUT2D eigenvalue weighted by molar-refractivity contribution is 5.96. The minimum absolute atomic E-state index is 0.0256. The summed E-state index contributed by atoms with van der Waals surface area (Å²) in [5.41, 5.74) is 9.96. The number of nitrogens with two attached hydrogens (primary N) is 2. The summed E-state index contributed by atoms with van der Waals surface area (Å²) in [4.78, 5) is 2.85. The van der Waals surface area contributed by atoms with E-state index in [0.29, 0.717) is 13.8 Å². The van der Waals surface area contributed by atoms with Crippen LogP contribution >= 0.6 is 0 Å². The number of rotatable bonds is 2. The second-order valence-electron chi connectivity index (χ2n) is 3.68. The molecule has 0 aromatic heterocycles. The lowest BCUT2D eigenvalue weighted by atomic mass is 10.3. The first-order chi connectivity index (χ1) is 8.28. The largest absolute Gasteiger partial charge is 0.410 e. The molecule has 0 bridgehead atoms. The van der Waals surface area contributed by atoms with E-state index in [2.05, 4.69) is 4.99 Å². The topological polar surface area (TPSA) is 91.5 Å². The van der Waals surface area contributed by atoms with Crippen molar-refractivity contribution in [2.75, 3.05) is 0 Å². The van der Waals surface area contributed by atoms with Crippen LogP contribution in [-0.2, 0) is 0 Å². The van der Waals surface area contributed by atoms with Crippen LogP contribution in [0.4, 0.5) is 26.3 Å². The fourth-order valence-electron chi connectivity index (χ4n) is 1.01. The van der Waals surface area contributed by atoms with E-state index in [1.807, 2.05) is 0 Å². The summed E-state index contributed by atoms with van der Waals surface area (Å²) in [6.07, 6.45) is -9.58. The van der Waals surface area contributed by atoms with Crippen LogP contribution in [0.3, 0.4) is 0 Å². The molecule has 0 radical (unpaired) electrons. The molecule has 112 valence electrons. The van der Waals surface area contributed by atoms with Crippen LogP contribution in [0.1, 0.15) is 13.8 Å². The van der Waals surface area contributed by atoms with Gasteiger partial charge in [-0.25, -0.2) is 4.99 Å². The number of guanidine groups is 2. The number of alkyl halides is 6. The Bertz CT molecular complexity index is 360. The van der Waals surface area contributed by atoms with Crippen molar-refractivity contribution in [3.63, 3.8) is 0 Å². The summed E-state index contributed by atoms with van der Waals surface area (Å²) in [6, 6.07) is -4.68. The monoisotopic (exact) mass is 293 g/mol. The molecule has 5 nitrogen and oxygen atoms in total. The summed E-state index contributed by atoms with van der Waals surface area (Å²) in [6.45, 7) is 1.21. The molecule has 0 spiro atoms. The lowest BCUT2D eigenvalue weighted by molar-refractivity contribution is -0.161. The quantitative estimate of drug-likeness (QED) is 0.408. The zero-order chi connectivity index (χ0) is 15.6. The van der Waals surface area contributed by atoms with E-state index in [1.54, 1.807) is 0 Å². The SMILES string of the molecule is C[C@@H](N=C(N)N(C(=N)N)[C@H](C)C(F)(F)F)C(F)(F)F. The van der Waals surface area contributed by atoms with Crippen LogP contribution < -0.4 is 11.5 Å². The predicted octanol–water partition coefficient (Wildman–Crippen LogP) is 1.40. The van der Waals surface area contributed by atoms with Crippen molar-refractivity contribution in [1.29, 1.82) is 5.41 Å². The van der Waals surface area contributed by atoms with Crippen molar-refractivity contribution in [3.8, 4) is 0 Å². The summed E-state index contributed by atoms with van der Waals surface area (Å²) in [7, 11) is 0. The van der Waals surface area contributed by atoms with Crippen LogP contribution in [0.25, 0.3) is 0 Å². The van der Waals surface area contributed by atoms with Crippen molar-refractivity contribution in [2.45, 2.75) is 38.3 Å². The molecule has 0 fully saturated rings. The third-order valence-corrected chi connectivity index (χ3v) is 2.17. The zero-order valence-corrected chi connectivity index (χ0v) is 9.97. The number of hydrogen-bond donors (Lipinski definition) is 3. The Labute approximate surface area is 104 Å². The first-order valence-corrected chi connectivity index (χ1v) is 4.88. The third kappa shape index (κ3) is 4.83. The molecule has 0 heterocycles. The van der Waals surface area contributed by atoms with Crippen LogP contribution in [-0.4, -0.2) is 41.3 Å². The van der Waals surface area contributed by atoms with E-state index in [1.165, 1.54) is 0 Å². The lowest BCUT2D eigenvalue weighted by Gasteiger charge is -2.30. The van der Waals surface area contributed by atoms with Gasteiger partial charge < -0.3 is 11.5 Å². The van der Waals surface area contributed by atoms with Gasteiger partial charge in [-0.3, -0.25) is 10.3 Å². The Hall–Kier alpha value is -1.68. The van der Waals surface area contributed by atoms with Crippen molar-refractivity contribution in [1.82, 2.24) is 4.90 Å². The van der Waals surface area contributed by atoms with Crippen LogP contribution in [0.5, 0.6) is 0 Å². The first kappa shape index (κ1) is 17.3. The number of nitrogens with one attached hydrogen (secondary N) is 1. The van der Waals surface area contributed by atoms with Crippen LogP contribution in [0.15, 0.2) is 4.99 Å².